The summed E-state index contributed by atoms with van der Waals surface area (Å²) in [5.74, 6) is 0. The fourth-order valence-corrected chi connectivity index (χ4v) is 1.89. The summed E-state index contributed by atoms with van der Waals surface area (Å²) in [5, 5.41) is 11.5. The third kappa shape index (κ3) is 1.43. The van der Waals surface area contributed by atoms with Crippen LogP contribution in [-0.2, 0) is 0 Å². The lowest BCUT2D eigenvalue weighted by molar-refractivity contribution is -0.383. The minimum absolute atomic E-state index is 0.0565. The van der Waals surface area contributed by atoms with Crippen molar-refractivity contribution in [3.63, 3.8) is 0 Å². The second-order valence-electron chi connectivity index (χ2n) is 2.72. The first-order valence-electron chi connectivity index (χ1n) is 3.88. The van der Waals surface area contributed by atoms with Crippen molar-refractivity contribution in [2.45, 2.75) is 0 Å². The van der Waals surface area contributed by atoms with Gasteiger partial charge in [0.1, 0.15) is 5.52 Å². The number of rotatable bonds is 1. The second kappa shape index (κ2) is 3.49. The number of aromatic nitrogens is 1. The SMILES string of the molecule is O=[N+]([O-])c1ccc(I)c2cccnc12. The van der Waals surface area contributed by atoms with Crippen LogP contribution in [0.1, 0.15) is 0 Å². The standard InChI is InChI=1S/C9H5IN2O2/c10-7-3-4-8(12(13)14)9-6(7)2-1-5-11-9/h1-5H. The number of pyridine rings is 1. The molecule has 5 heteroatoms. The van der Waals surface area contributed by atoms with E-state index in [-0.39, 0.29) is 5.69 Å². The Morgan fingerprint density at radius 3 is 2.86 bits per heavy atom. The molecule has 0 amide bonds. The molecule has 0 saturated carbocycles. The third-order valence-corrected chi connectivity index (χ3v) is 2.83. The third-order valence-electron chi connectivity index (χ3n) is 1.89. The number of hydrogen-bond acceptors (Lipinski definition) is 3. The zero-order valence-electron chi connectivity index (χ0n) is 6.98. The van der Waals surface area contributed by atoms with Gasteiger partial charge >= 0.3 is 0 Å². The summed E-state index contributed by atoms with van der Waals surface area (Å²) in [6.45, 7) is 0. The normalized spacial score (nSPS) is 10.4. The second-order valence-corrected chi connectivity index (χ2v) is 3.89. The molecule has 0 fully saturated rings. The molecule has 0 bridgehead atoms. The van der Waals surface area contributed by atoms with Gasteiger partial charge < -0.3 is 0 Å². The molecular weight excluding hydrogens is 295 g/mol. The zero-order valence-corrected chi connectivity index (χ0v) is 9.13. The van der Waals surface area contributed by atoms with Crippen LogP contribution in [0.25, 0.3) is 10.9 Å². The quantitative estimate of drug-likeness (QED) is 0.462. The largest absolute Gasteiger partial charge is 0.295 e. The molecule has 0 aliphatic rings. The number of nitro benzene ring substituents is 1. The van der Waals surface area contributed by atoms with Gasteiger partial charge in [0.05, 0.1) is 4.92 Å². The highest BCUT2D eigenvalue weighted by Gasteiger charge is 2.13. The van der Waals surface area contributed by atoms with E-state index in [9.17, 15) is 10.1 Å². The van der Waals surface area contributed by atoms with E-state index < -0.39 is 4.92 Å². The molecule has 2 aromatic rings. The highest BCUT2D eigenvalue weighted by Crippen LogP contribution is 2.26. The van der Waals surface area contributed by atoms with Crippen LogP contribution in [0.15, 0.2) is 30.5 Å². The van der Waals surface area contributed by atoms with Crippen molar-refractivity contribution in [1.82, 2.24) is 4.98 Å². The van der Waals surface area contributed by atoms with Crippen molar-refractivity contribution in [2.24, 2.45) is 0 Å². The van der Waals surface area contributed by atoms with E-state index in [1.54, 1.807) is 18.3 Å². The Balaban J connectivity index is 2.88. The first-order chi connectivity index (χ1) is 6.70. The van der Waals surface area contributed by atoms with Crippen molar-refractivity contribution in [2.75, 3.05) is 0 Å². The van der Waals surface area contributed by atoms with Crippen molar-refractivity contribution in [3.05, 3.63) is 44.1 Å². The van der Waals surface area contributed by atoms with Gasteiger partial charge in [0.15, 0.2) is 0 Å². The van der Waals surface area contributed by atoms with E-state index in [4.69, 9.17) is 0 Å². The molecule has 0 N–H and O–H groups in total. The smallest absolute Gasteiger partial charge is 0.258 e. The summed E-state index contributed by atoms with van der Waals surface area (Å²) in [6.07, 6.45) is 1.56. The van der Waals surface area contributed by atoms with Gasteiger partial charge in [-0.2, -0.15) is 0 Å². The molecule has 0 spiro atoms. The topological polar surface area (TPSA) is 56.0 Å². The van der Waals surface area contributed by atoms with Crippen molar-refractivity contribution in [3.8, 4) is 0 Å². The first-order valence-corrected chi connectivity index (χ1v) is 4.95. The van der Waals surface area contributed by atoms with Gasteiger partial charge in [0, 0.05) is 21.2 Å². The van der Waals surface area contributed by atoms with Crippen LogP contribution in [0.4, 0.5) is 5.69 Å². The summed E-state index contributed by atoms with van der Waals surface area (Å²) in [4.78, 5) is 14.3. The highest BCUT2D eigenvalue weighted by molar-refractivity contribution is 14.1. The van der Waals surface area contributed by atoms with E-state index >= 15 is 0 Å². The van der Waals surface area contributed by atoms with Crippen molar-refractivity contribution >= 4 is 39.2 Å². The predicted molar refractivity (Wildman–Crippen MR) is 61.1 cm³/mol. The zero-order chi connectivity index (χ0) is 10.1. The number of hydrogen-bond donors (Lipinski definition) is 0. The Kier molecular flexibility index (Phi) is 2.32. The molecule has 0 aliphatic carbocycles. The van der Waals surface area contributed by atoms with Crippen LogP contribution < -0.4 is 0 Å². The minimum Gasteiger partial charge on any atom is -0.258 e. The van der Waals surface area contributed by atoms with Crippen molar-refractivity contribution < 1.29 is 4.92 Å². The molecule has 0 saturated heterocycles. The number of fused-ring (bicyclic) bond motifs is 1. The maximum Gasteiger partial charge on any atom is 0.295 e. The van der Waals surface area contributed by atoms with Crippen LogP contribution in [0, 0.1) is 13.7 Å². The van der Waals surface area contributed by atoms with Crippen molar-refractivity contribution in [1.29, 1.82) is 0 Å². The summed E-state index contributed by atoms with van der Waals surface area (Å²) in [6, 6.07) is 6.81. The summed E-state index contributed by atoms with van der Waals surface area (Å²) in [7, 11) is 0. The van der Waals surface area contributed by atoms with E-state index in [0.717, 1.165) is 8.96 Å². The van der Waals surface area contributed by atoms with Crippen LogP contribution in [0.5, 0.6) is 0 Å². The maximum absolute atomic E-state index is 10.7. The van der Waals surface area contributed by atoms with Gasteiger partial charge in [-0.05, 0) is 40.8 Å². The van der Waals surface area contributed by atoms with Gasteiger partial charge in [-0.15, -0.1) is 0 Å². The van der Waals surface area contributed by atoms with E-state index in [1.807, 2.05) is 6.07 Å². The molecule has 14 heavy (non-hydrogen) atoms. The first kappa shape index (κ1) is 9.32. The molecule has 1 aromatic carbocycles. The number of nitro groups is 1. The van der Waals surface area contributed by atoms with Gasteiger partial charge in [-0.3, -0.25) is 10.1 Å². The van der Waals surface area contributed by atoms with E-state index in [1.165, 1.54) is 6.07 Å². The maximum atomic E-state index is 10.7. The lowest BCUT2D eigenvalue weighted by Gasteiger charge is -1.99. The fourth-order valence-electron chi connectivity index (χ4n) is 1.27. The lowest BCUT2D eigenvalue weighted by Crippen LogP contribution is -1.92. The molecule has 70 valence electrons. The van der Waals surface area contributed by atoms with E-state index in [2.05, 4.69) is 27.6 Å². The Hall–Kier alpha value is -1.24. The number of nitrogens with zero attached hydrogens (tertiary/aromatic N) is 2. The minimum atomic E-state index is -0.411. The summed E-state index contributed by atoms with van der Waals surface area (Å²) >= 11 is 2.14. The highest BCUT2D eigenvalue weighted by atomic mass is 127. The molecule has 2 rings (SSSR count). The molecule has 4 nitrogen and oxygen atoms in total. The average Bonchev–Trinajstić information content (AvgIpc) is 2.18. The van der Waals surface area contributed by atoms with Gasteiger partial charge in [0.25, 0.3) is 5.69 Å². The Morgan fingerprint density at radius 2 is 2.14 bits per heavy atom. The monoisotopic (exact) mass is 300 g/mol. The molecule has 0 atom stereocenters. The average molecular weight is 300 g/mol. The molecule has 0 radical (unpaired) electrons. The lowest BCUT2D eigenvalue weighted by atomic mass is 10.2. The Morgan fingerprint density at radius 1 is 1.36 bits per heavy atom. The molecular formula is C9H5IN2O2. The number of non-ortho nitro benzene ring substituents is 1. The fraction of sp³-hybridized carbons (Fsp3) is 0. The van der Waals surface area contributed by atoms with Gasteiger partial charge in [0.2, 0.25) is 0 Å². The van der Waals surface area contributed by atoms with Crippen LogP contribution in [0.3, 0.4) is 0 Å². The molecule has 1 aromatic heterocycles. The van der Waals surface area contributed by atoms with Crippen LogP contribution in [0.2, 0.25) is 0 Å². The summed E-state index contributed by atoms with van der Waals surface area (Å²) in [5.41, 5.74) is 0.505. The van der Waals surface area contributed by atoms with Gasteiger partial charge in [-0.1, -0.05) is 0 Å². The molecule has 0 unspecified atom stereocenters. The Labute approximate surface area is 93.2 Å². The number of halogens is 1. The predicted octanol–water partition coefficient (Wildman–Crippen LogP) is 2.75. The van der Waals surface area contributed by atoms with E-state index in [0.29, 0.717) is 5.52 Å². The molecule has 1 heterocycles. The van der Waals surface area contributed by atoms with Gasteiger partial charge in [-0.25, -0.2) is 4.98 Å². The number of benzene rings is 1. The molecule has 0 aliphatic heterocycles. The summed E-state index contributed by atoms with van der Waals surface area (Å²) < 4.78 is 0.969. The van der Waals surface area contributed by atoms with Crippen LogP contribution >= 0.6 is 22.6 Å². The van der Waals surface area contributed by atoms with Crippen LogP contribution in [-0.4, -0.2) is 9.91 Å². The Bertz CT molecular complexity index is 513.